The lowest BCUT2D eigenvalue weighted by Crippen LogP contribution is -2.52. The summed E-state index contributed by atoms with van der Waals surface area (Å²) in [7, 11) is -3.96. The highest BCUT2D eigenvalue weighted by molar-refractivity contribution is 7.89. The van der Waals surface area contributed by atoms with Crippen molar-refractivity contribution in [1.29, 1.82) is 0 Å². The second-order valence-electron chi connectivity index (χ2n) is 7.31. The van der Waals surface area contributed by atoms with Gasteiger partial charge < -0.3 is 5.11 Å². The number of nitrogens with zero attached hydrogens (tertiary/aromatic N) is 2. The van der Waals surface area contributed by atoms with Crippen LogP contribution >= 0.6 is 0 Å². The topological polar surface area (TPSA) is 115 Å². The summed E-state index contributed by atoms with van der Waals surface area (Å²) < 4.78 is 27.1. The SMILES string of the molecule is Cc1ccc(S(=O)(=O)N2CCC[C@H]2C(=O)N(O)[C@H](Cc2ccccc2)C(=O)O)cc1. The fourth-order valence-corrected chi connectivity index (χ4v) is 5.19. The Morgan fingerprint density at radius 2 is 1.77 bits per heavy atom. The van der Waals surface area contributed by atoms with Crippen LogP contribution in [0.5, 0.6) is 0 Å². The summed E-state index contributed by atoms with van der Waals surface area (Å²) in [5.41, 5.74) is 1.53. The van der Waals surface area contributed by atoms with Crippen LogP contribution in [0.15, 0.2) is 59.5 Å². The quantitative estimate of drug-likeness (QED) is 0.511. The molecule has 1 heterocycles. The van der Waals surface area contributed by atoms with Gasteiger partial charge in [-0.3, -0.25) is 10.0 Å². The summed E-state index contributed by atoms with van der Waals surface area (Å²) in [6, 6.07) is 12.2. The molecular formula is C21H24N2O6S. The highest BCUT2D eigenvalue weighted by Crippen LogP contribution is 2.28. The Morgan fingerprint density at radius 1 is 1.13 bits per heavy atom. The molecule has 0 spiro atoms. The van der Waals surface area contributed by atoms with Crippen molar-refractivity contribution in [2.24, 2.45) is 0 Å². The second-order valence-corrected chi connectivity index (χ2v) is 9.20. The van der Waals surface area contributed by atoms with Gasteiger partial charge in [-0.2, -0.15) is 4.31 Å². The molecule has 1 amide bonds. The number of aryl methyl sites for hydroxylation is 1. The number of hydroxylamine groups is 2. The van der Waals surface area contributed by atoms with Gasteiger partial charge in [-0.15, -0.1) is 0 Å². The normalized spacial score (nSPS) is 18.1. The monoisotopic (exact) mass is 432 g/mol. The minimum Gasteiger partial charge on any atom is -0.480 e. The molecule has 0 aromatic heterocycles. The summed E-state index contributed by atoms with van der Waals surface area (Å²) in [5, 5.41) is 20.2. The van der Waals surface area contributed by atoms with E-state index >= 15 is 0 Å². The zero-order chi connectivity index (χ0) is 21.9. The molecule has 0 radical (unpaired) electrons. The zero-order valence-corrected chi connectivity index (χ0v) is 17.3. The van der Waals surface area contributed by atoms with Crippen LogP contribution in [0.1, 0.15) is 24.0 Å². The molecule has 0 saturated carbocycles. The maximum Gasteiger partial charge on any atom is 0.329 e. The van der Waals surface area contributed by atoms with E-state index in [1.54, 1.807) is 42.5 Å². The van der Waals surface area contributed by atoms with Gasteiger partial charge in [0.1, 0.15) is 6.04 Å². The number of carboxylic acid groups (broad SMARTS) is 1. The van der Waals surface area contributed by atoms with Crippen LogP contribution in [0, 0.1) is 6.92 Å². The molecule has 2 atom stereocenters. The highest BCUT2D eigenvalue weighted by Gasteiger charge is 2.43. The fourth-order valence-electron chi connectivity index (χ4n) is 3.54. The summed E-state index contributed by atoms with van der Waals surface area (Å²) in [6.07, 6.45) is 0.542. The van der Waals surface area contributed by atoms with Gasteiger partial charge >= 0.3 is 5.97 Å². The molecule has 1 saturated heterocycles. The van der Waals surface area contributed by atoms with E-state index in [1.165, 1.54) is 12.1 Å². The lowest BCUT2D eigenvalue weighted by Gasteiger charge is -2.29. The summed E-state index contributed by atoms with van der Waals surface area (Å²) >= 11 is 0. The van der Waals surface area contributed by atoms with Gasteiger partial charge in [0.15, 0.2) is 6.04 Å². The second kappa shape index (κ2) is 8.95. The van der Waals surface area contributed by atoms with Gasteiger partial charge in [-0.1, -0.05) is 48.0 Å². The van der Waals surface area contributed by atoms with Gasteiger partial charge in [0.25, 0.3) is 5.91 Å². The number of carbonyl (C=O) groups is 2. The van der Waals surface area contributed by atoms with E-state index in [1.807, 2.05) is 6.92 Å². The number of carboxylic acids is 1. The third kappa shape index (κ3) is 4.53. The number of amides is 1. The van der Waals surface area contributed by atoms with Gasteiger partial charge in [0, 0.05) is 13.0 Å². The molecule has 1 fully saturated rings. The van der Waals surface area contributed by atoms with Crippen molar-refractivity contribution in [2.45, 2.75) is 43.2 Å². The first-order valence-corrected chi connectivity index (χ1v) is 11.0. The van der Waals surface area contributed by atoms with Crippen molar-refractivity contribution in [3.63, 3.8) is 0 Å². The van der Waals surface area contributed by atoms with Crippen LogP contribution in [0.2, 0.25) is 0 Å². The predicted molar refractivity (Wildman–Crippen MR) is 108 cm³/mol. The first-order chi connectivity index (χ1) is 14.2. The standard InChI is InChI=1S/C21H24N2O6S/c1-15-9-11-17(12-10-15)30(28,29)22-13-5-8-18(22)20(24)23(27)19(21(25)26)14-16-6-3-2-4-7-16/h2-4,6-7,9-12,18-19,27H,5,8,13-14H2,1H3,(H,25,26)/t18-,19+/m0/s1. The molecule has 2 N–H and O–H groups in total. The Bertz CT molecular complexity index is 1010. The van der Waals surface area contributed by atoms with Crippen LogP contribution in [0.4, 0.5) is 0 Å². The molecular weight excluding hydrogens is 408 g/mol. The van der Waals surface area contributed by atoms with Crippen LogP contribution in [-0.2, 0) is 26.0 Å². The number of hydrogen-bond acceptors (Lipinski definition) is 5. The highest BCUT2D eigenvalue weighted by atomic mass is 32.2. The van der Waals surface area contributed by atoms with E-state index in [0.717, 1.165) is 9.87 Å². The molecule has 1 aliphatic rings. The Kier molecular flexibility index (Phi) is 6.55. The van der Waals surface area contributed by atoms with Crippen molar-refractivity contribution in [3.05, 3.63) is 65.7 Å². The van der Waals surface area contributed by atoms with E-state index in [-0.39, 0.29) is 29.3 Å². The van der Waals surface area contributed by atoms with Crippen LogP contribution < -0.4 is 0 Å². The average molecular weight is 432 g/mol. The van der Waals surface area contributed by atoms with Crippen molar-refractivity contribution in [3.8, 4) is 0 Å². The third-order valence-corrected chi connectivity index (χ3v) is 7.12. The minimum atomic E-state index is -3.96. The number of aliphatic carboxylic acids is 1. The number of sulfonamides is 1. The van der Waals surface area contributed by atoms with Gasteiger partial charge in [0.05, 0.1) is 4.90 Å². The Labute approximate surface area is 175 Å². The molecule has 0 unspecified atom stereocenters. The molecule has 2 aromatic carbocycles. The molecule has 9 heteroatoms. The molecule has 1 aliphatic heterocycles. The Balaban J connectivity index is 1.83. The first kappa shape index (κ1) is 21.9. The smallest absolute Gasteiger partial charge is 0.329 e. The molecule has 8 nitrogen and oxygen atoms in total. The maximum atomic E-state index is 13.0. The lowest BCUT2D eigenvalue weighted by atomic mass is 10.1. The number of hydrogen-bond donors (Lipinski definition) is 2. The van der Waals surface area contributed by atoms with Crippen LogP contribution in [0.3, 0.4) is 0 Å². The zero-order valence-electron chi connectivity index (χ0n) is 16.5. The third-order valence-electron chi connectivity index (χ3n) is 5.19. The van der Waals surface area contributed by atoms with E-state index in [9.17, 15) is 28.3 Å². The maximum absolute atomic E-state index is 13.0. The van der Waals surface area contributed by atoms with Crippen molar-refractivity contribution in [1.82, 2.24) is 9.37 Å². The lowest BCUT2D eigenvalue weighted by molar-refractivity contribution is -0.188. The molecule has 0 bridgehead atoms. The van der Waals surface area contributed by atoms with E-state index in [0.29, 0.717) is 12.0 Å². The molecule has 3 rings (SSSR count). The number of carbonyl (C=O) groups excluding carboxylic acids is 1. The van der Waals surface area contributed by atoms with E-state index < -0.39 is 34.0 Å². The van der Waals surface area contributed by atoms with E-state index in [4.69, 9.17) is 0 Å². The minimum absolute atomic E-state index is 0.0522. The number of rotatable bonds is 7. The van der Waals surface area contributed by atoms with Crippen LogP contribution in [0.25, 0.3) is 0 Å². The van der Waals surface area contributed by atoms with E-state index in [2.05, 4.69) is 0 Å². The fraction of sp³-hybridized carbons (Fsp3) is 0.333. The average Bonchev–Trinajstić information content (AvgIpc) is 3.22. The largest absolute Gasteiger partial charge is 0.480 e. The molecule has 2 aromatic rings. The van der Waals surface area contributed by atoms with Gasteiger partial charge in [-0.05, 0) is 37.5 Å². The summed E-state index contributed by atoms with van der Waals surface area (Å²) in [6.45, 7) is 1.96. The summed E-state index contributed by atoms with van der Waals surface area (Å²) in [4.78, 5) is 24.7. The van der Waals surface area contributed by atoms with Crippen LogP contribution in [-0.4, -0.2) is 58.6 Å². The molecule has 30 heavy (non-hydrogen) atoms. The van der Waals surface area contributed by atoms with Crippen molar-refractivity contribution < 1.29 is 28.3 Å². The predicted octanol–water partition coefficient (Wildman–Crippen LogP) is 2.06. The molecule has 0 aliphatic carbocycles. The Hall–Kier alpha value is -2.75. The van der Waals surface area contributed by atoms with Gasteiger partial charge in [-0.25, -0.2) is 18.3 Å². The van der Waals surface area contributed by atoms with Crippen molar-refractivity contribution in [2.75, 3.05) is 6.54 Å². The molecule has 160 valence electrons. The Morgan fingerprint density at radius 3 is 2.37 bits per heavy atom. The summed E-state index contributed by atoms with van der Waals surface area (Å²) in [5.74, 6) is -2.31. The van der Waals surface area contributed by atoms with Gasteiger partial charge in [0.2, 0.25) is 10.0 Å². The van der Waals surface area contributed by atoms with Crippen molar-refractivity contribution >= 4 is 21.9 Å². The first-order valence-electron chi connectivity index (χ1n) is 9.59. The number of benzene rings is 2.